The van der Waals surface area contributed by atoms with Crippen LogP contribution >= 0.6 is 11.8 Å². The van der Waals surface area contributed by atoms with Gasteiger partial charge in [0.05, 0.1) is 5.37 Å². The molecule has 1 fully saturated rings. The molecule has 1 saturated heterocycles. The largest absolute Gasteiger partial charge is 0.292 e. The third-order valence-electron chi connectivity index (χ3n) is 1.87. The molecule has 0 saturated carbocycles. The molecule has 0 N–H and O–H groups in total. The zero-order valence-electron chi connectivity index (χ0n) is 6.26. The van der Waals surface area contributed by atoms with E-state index in [1.807, 2.05) is 0 Å². The van der Waals surface area contributed by atoms with Crippen LogP contribution < -0.4 is 0 Å². The van der Waals surface area contributed by atoms with E-state index in [-0.39, 0.29) is 0 Å². The molecule has 0 aromatic heterocycles. The van der Waals surface area contributed by atoms with E-state index in [2.05, 4.69) is 30.5 Å². The predicted octanol–water partition coefficient (Wildman–Crippen LogP) is 1.79. The highest BCUT2D eigenvalue weighted by molar-refractivity contribution is 7.99. The molecule has 0 aromatic rings. The number of rotatable bonds is 1. The molecule has 0 bridgehead atoms. The molecular formula is C7H15NS. The lowest BCUT2D eigenvalue weighted by molar-refractivity contribution is 0.274. The minimum Gasteiger partial charge on any atom is -0.292 e. The number of thioether (sulfide) groups is 1. The molecule has 1 nitrogen and oxygen atoms in total. The van der Waals surface area contributed by atoms with Gasteiger partial charge in [-0.1, -0.05) is 6.92 Å². The van der Waals surface area contributed by atoms with E-state index in [4.69, 9.17) is 0 Å². The highest BCUT2D eigenvalue weighted by Crippen LogP contribution is 2.21. The van der Waals surface area contributed by atoms with Gasteiger partial charge in [0, 0.05) is 0 Å². The van der Waals surface area contributed by atoms with Gasteiger partial charge in [0.1, 0.15) is 0 Å². The molecule has 1 aliphatic heterocycles. The first kappa shape index (κ1) is 7.42. The molecule has 1 unspecified atom stereocenters. The van der Waals surface area contributed by atoms with Gasteiger partial charge in [-0.15, -0.1) is 11.8 Å². The first-order valence-corrected chi connectivity index (χ1v) is 4.75. The Morgan fingerprint density at radius 3 is 2.89 bits per heavy atom. The van der Waals surface area contributed by atoms with Crippen molar-refractivity contribution in [2.75, 3.05) is 18.8 Å². The fraction of sp³-hybridized carbons (Fsp3) is 1.00. The summed E-state index contributed by atoms with van der Waals surface area (Å²) in [5.41, 5.74) is 0. The number of nitrogens with zero attached hydrogens (tertiary/aromatic N) is 1. The molecule has 0 radical (unpaired) electrons. The Kier molecular flexibility index (Phi) is 2.86. The van der Waals surface area contributed by atoms with E-state index in [9.17, 15) is 0 Å². The first-order chi connectivity index (χ1) is 4.34. The third-order valence-corrected chi connectivity index (χ3v) is 3.17. The summed E-state index contributed by atoms with van der Waals surface area (Å²) in [5, 5.41) is 0.767. The number of hydrogen-bond donors (Lipinski definition) is 0. The zero-order valence-corrected chi connectivity index (χ0v) is 7.08. The van der Waals surface area contributed by atoms with Crippen molar-refractivity contribution in [3.8, 4) is 0 Å². The number of hydrogen-bond acceptors (Lipinski definition) is 2. The van der Waals surface area contributed by atoms with Crippen LogP contribution in [0.3, 0.4) is 0 Å². The van der Waals surface area contributed by atoms with Gasteiger partial charge in [-0.25, -0.2) is 0 Å². The fourth-order valence-corrected chi connectivity index (χ4v) is 2.33. The summed E-state index contributed by atoms with van der Waals surface area (Å²) in [6.45, 7) is 7.06. The molecule has 54 valence electrons. The lowest BCUT2D eigenvalue weighted by Crippen LogP contribution is -2.35. The summed E-state index contributed by atoms with van der Waals surface area (Å²) < 4.78 is 0. The molecule has 2 heteroatoms. The van der Waals surface area contributed by atoms with Gasteiger partial charge in [0.2, 0.25) is 0 Å². The van der Waals surface area contributed by atoms with Crippen molar-refractivity contribution >= 4 is 11.8 Å². The molecule has 0 spiro atoms. The second-order valence-electron chi connectivity index (χ2n) is 2.45. The Morgan fingerprint density at radius 1 is 1.67 bits per heavy atom. The van der Waals surface area contributed by atoms with Crippen molar-refractivity contribution in [3.63, 3.8) is 0 Å². The second-order valence-corrected chi connectivity index (χ2v) is 3.88. The lowest BCUT2D eigenvalue weighted by atomic mass is 10.4. The fourth-order valence-electron chi connectivity index (χ4n) is 1.22. The summed E-state index contributed by atoms with van der Waals surface area (Å²) in [4.78, 5) is 2.52. The van der Waals surface area contributed by atoms with Gasteiger partial charge in [0.15, 0.2) is 0 Å². The molecule has 9 heavy (non-hydrogen) atoms. The lowest BCUT2D eigenvalue weighted by Gasteiger charge is -2.31. The van der Waals surface area contributed by atoms with Crippen LogP contribution in [0.2, 0.25) is 0 Å². The SMILES string of the molecule is CCN1CCCSC1C. The Balaban J connectivity index is 2.30. The Hall–Kier alpha value is 0.310. The van der Waals surface area contributed by atoms with Crippen molar-refractivity contribution in [3.05, 3.63) is 0 Å². The highest BCUT2D eigenvalue weighted by Gasteiger charge is 2.15. The molecule has 0 amide bonds. The van der Waals surface area contributed by atoms with Gasteiger partial charge in [-0.3, -0.25) is 4.90 Å². The summed E-state index contributed by atoms with van der Waals surface area (Å²) in [6, 6.07) is 0. The molecular weight excluding hydrogens is 130 g/mol. The van der Waals surface area contributed by atoms with E-state index >= 15 is 0 Å². The average Bonchev–Trinajstić information content (AvgIpc) is 1.89. The summed E-state index contributed by atoms with van der Waals surface area (Å²) in [6.07, 6.45) is 1.38. The Labute approximate surface area is 61.8 Å². The maximum atomic E-state index is 2.52. The maximum absolute atomic E-state index is 2.52. The normalized spacial score (nSPS) is 30.7. The molecule has 0 aliphatic carbocycles. The summed E-state index contributed by atoms with van der Waals surface area (Å²) in [5.74, 6) is 1.36. The Bertz CT molecular complexity index is 85.0. The molecule has 1 heterocycles. The van der Waals surface area contributed by atoms with E-state index in [0.29, 0.717) is 0 Å². The van der Waals surface area contributed by atoms with Crippen LogP contribution in [0, 0.1) is 0 Å². The van der Waals surface area contributed by atoms with Gasteiger partial charge >= 0.3 is 0 Å². The van der Waals surface area contributed by atoms with Crippen LogP contribution in [0.4, 0.5) is 0 Å². The van der Waals surface area contributed by atoms with E-state index in [0.717, 1.165) is 5.37 Å². The van der Waals surface area contributed by atoms with Crippen molar-refractivity contribution in [2.24, 2.45) is 0 Å². The maximum Gasteiger partial charge on any atom is 0.0528 e. The molecule has 1 aliphatic rings. The van der Waals surface area contributed by atoms with E-state index in [1.54, 1.807) is 0 Å². The third kappa shape index (κ3) is 1.87. The average molecular weight is 145 g/mol. The zero-order chi connectivity index (χ0) is 6.69. The smallest absolute Gasteiger partial charge is 0.0528 e. The van der Waals surface area contributed by atoms with Crippen molar-refractivity contribution in [1.29, 1.82) is 0 Å². The van der Waals surface area contributed by atoms with Crippen molar-refractivity contribution in [2.45, 2.75) is 25.6 Å². The van der Waals surface area contributed by atoms with Gasteiger partial charge in [0.25, 0.3) is 0 Å². The van der Waals surface area contributed by atoms with Crippen LogP contribution in [0.15, 0.2) is 0 Å². The molecule has 0 aromatic carbocycles. The van der Waals surface area contributed by atoms with Gasteiger partial charge < -0.3 is 0 Å². The molecule has 1 atom stereocenters. The van der Waals surface area contributed by atoms with Crippen molar-refractivity contribution < 1.29 is 0 Å². The van der Waals surface area contributed by atoms with E-state index in [1.165, 1.54) is 25.3 Å². The standard InChI is InChI=1S/C7H15NS/c1-3-8-5-4-6-9-7(8)2/h7H,3-6H2,1-2H3. The summed E-state index contributed by atoms with van der Waals surface area (Å²) in [7, 11) is 0. The van der Waals surface area contributed by atoms with Crippen LogP contribution in [0.25, 0.3) is 0 Å². The minimum absolute atomic E-state index is 0.767. The predicted molar refractivity (Wildman–Crippen MR) is 43.8 cm³/mol. The van der Waals surface area contributed by atoms with Crippen LogP contribution in [-0.2, 0) is 0 Å². The Morgan fingerprint density at radius 2 is 2.44 bits per heavy atom. The minimum atomic E-state index is 0.767. The topological polar surface area (TPSA) is 3.24 Å². The van der Waals surface area contributed by atoms with Crippen molar-refractivity contribution in [1.82, 2.24) is 4.90 Å². The van der Waals surface area contributed by atoms with Crippen LogP contribution in [0.1, 0.15) is 20.3 Å². The highest BCUT2D eigenvalue weighted by atomic mass is 32.2. The molecule has 1 rings (SSSR count). The van der Waals surface area contributed by atoms with Crippen LogP contribution in [0.5, 0.6) is 0 Å². The second kappa shape index (κ2) is 3.47. The van der Waals surface area contributed by atoms with E-state index < -0.39 is 0 Å². The quantitative estimate of drug-likeness (QED) is 0.553. The van der Waals surface area contributed by atoms with Gasteiger partial charge in [-0.05, 0) is 32.2 Å². The summed E-state index contributed by atoms with van der Waals surface area (Å²) >= 11 is 2.08. The van der Waals surface area contributed by atoms with Gasteiger partial charge in [-0.2, -0.15) is 0 Å². The first-order valence-electron chi connectivity index (χ1n) is 3.70. The monoisotopic (exact) mass is 145 g/mol. The van der Waals surface area contributed by atoms with Crippen LogP contribution in [-0.4, -0.2) is 29.1 Å².